The van der Waals surface area contributed by atoms with Gasteiger partial charge in [0, 0.05) is 6.61 Å². The molecule has 29 heavy (non-hydrogen) atoms. The summed E-state index contributed by atoms with van der Waals surface area (Å²) in [7, 11) is 0. The van der Waals surface area contributed by atoms with E-state index in [0.717, 1.165) is 12.8 Å². The molecule has 0 spiro atoms. The first-order valence-electron chi connectivity index (χ1n) is 12.1. The van der Waals surface area contributed by atoms with Crippen molar-refractivity contribution in [1.82, 2.24) is 0 Å². The average molecular weight is 415 g/mol. The molecule has 0 aromatic rings. The predicted octanol–water partition coefficient (Wildman–Crippen LogP) is 4.52. The van der Waals surface area contributed by atoms with E-state index in [1.54, 1.807) is 0 Å². The van der Waals surface area contributed by atoms with Gasteiger partial charge in [-0.05, 0) is 32.1 Å². The Morgan fingerprint density at radius 1 is 0.897 bits per heavy atom. The first kappa shape index (κ1) is 26.6. The third-order valence-electron chi connectivity index (χ3n) is 5.72. The number of aliphatic hydroxyl groups is 3. The van der Waals surface area contributed by atoms with Gasteiger partial charge in [0.05, 0.1) is 13.2 Å². The maximum absolute atomic E-state index is 10.1. The lowest BCUT2D eigenvalue weighted by Crippen LogP contribution is -2.41. The summed E-state index contributed by atoms with van der Waals surface area (Å²) in [5.41, 5.74) is 0. The normalized spacial score (nSPS) is 23.2. The number of hydrogen-bond acceptors (Lipinski definition) is 5. The van der Waals surface area contributed by atoms with E-state index in [4.69, 9.17) is 14.6 Å². The molecule has 5 heteroatoms. The maximum Gasteiger partial charge on any atom is 0.114 e. The highest BCUT2D eigenvalue weighted by Gasteiger charge is 2.40. The van der Waals surface area contributed by atoms with Crippen LogP contribution >= 0.6 is 0 Å². The number of hydrogen-bond donors (Lipinski definition) is 3. The second-order valence-electron chi connectivity index (χ2n) is 8.39. The van der Waals surface area contributed by atoms with Crippen molar-refractivity contribution in [3.05, 3.63) is 12.2 Å². The Balaban J connectivity index is 1.83. The molecule has 1 fully saturated rings. The van der Waals surface area contributed by atoms with Gasteiger partial charge < -0.3 is 24.8 Å². The van der Waals surface area contributed by atoms with Crippen molar-refractivity contribution in [2.75, 3.05) is 19.8 Å². The van der Waals surface area contributed by atoms with E-state index in [1.807, 2.05) is 0 Å². The van der Waals surface area contributed by atoms with Crippen LogP contribution in [0.3, 0.4) is 0 Å². The van der Waals surface area contributed by atoms with Crippen molar-refractivity contribution in [3.8, 4) is 0 Å². The molecule has 0 amide bonds. The molecule has 172 valence electrons. The summed E-state index contributed by atoms with van der Waals surface area (Å²) in [6.45, 7) is 2.73. The lowest BCUT2D eigenvalue weighted by molar-refractivity contribution is -0.0730. The Hall–Kier alpha value is -0.460. The second-order valence-corrected chi connectivity index (χ2v) is 8.39. The molecule has 0 radical (unpaired) electrons. The minimum Gasteiger partial charge on any atom is -0.394 e. The molecule has 1 heterocycles. The summed E-state index contributed by atoms with van der Waals surface area (Å²) in [5, 5.41) is 28.6. The fraction of sp³-hybridized carbons (Fsp3) is 0.917. The monoisotopic (exact) mass is 414 g/mol. The minimum atomic E-state index is -1.05. The molecular formula is C24H46O5. The zero-order chi connectivity index (χ0) is 21.2. The van der Waals surface area contributed by atoms with Crippen LogP contribution in [-0.4, -0.2) is 59.6 Å². The molecule has 1 rings (SSSR count). The van der Waals surface area contributed by atoms with Gasteiger partial charge in [-0.25, -0.2) is 0 Å². The molecule has 3 N–H and O–H groups in total. The maximum atomic E-state index is 10.1. The summed E-state index contributed by atoms with van der Waals surface area (Å²) in [4.78, 5) is 0. The van der Waals surface area contributed by atoms with Crippen LogP contribution in [0, 0.1) is 0 Å². The number of rotatable bonds is 19. The Labute approximate surface area is 178 Å². The molecule has 0 aromatic carbocycles. The summed E-state index contributed by atoms with van der Waals surface area (Å²) < 4.78 is 11.0. The molecule has 4 atom stereocenters. The van der Waals surface area contributed by atoms with Crippen molar-refractivity contribution in [2.24, 2.45) is 0 Å². The van der Waals surface area contributed by atoms with E-state index in [-0.39, 0.29) is 6.61 Å². The third-order valence-corrected chi connectivity index (χ3v) is 5.72. The van der Waals surface area contributed by atoms with E-state index >= 15 is 0 Å². The van der Waals surface area contributed by atoms with Crippen molar-refractivity contribution < 1.29 is 24.8 Å². The molecule has 1 saturated heterocycles. The van der Waals surface area contributed by atoms with Crippen LogP contribution in [0.5, 0.6) is 0 Å². The van der Waals surface area contributed by atoms with Gasteiger partial charge in [0.15, 0.2) is 0 Å². The van der Waals surface area contributed by atoms with Gasteiger partial charge >= 0.3 is 0 Å². The quantitative estimate of drug-likeness (QED) is 0.214. The molecule has 0 aliphatic carbocycles. The van der Waals surface area contributed by atoms with E-state index in [0.29, 0.717) is 6.61 Å². The molecule has 0 bridgehead atoms. The SMILES string of the molecule is CCCCCCCC/C=C/CCCCCCCCO[C@@H]1CO[C@@H]([C@@H](O)CO)[C@H]1O. The van der Waals surface area contributed by atoms with Crippen LogP contribution < -0.4 is 0 Å². The number of aliphatic hydroxyl groups excluding tert-OH is 3. The summed E-state index contributed by atoms with van der Waals surface area (Å²) in [6, 6.07) is 0. The summed E-state index contributed by atoms with van der Waals surface area (Å²) in [5.74, 6) is 0. The van der Waals surface area contributed by atoms with Crippen molar-refractivity contribution in [3.63, 3.8) is 0 Å². The highest BCUT2D eigenvalue weighted by atomic mass is 16.6. The van der Waals surface area contributed by atoms with Gasteiger partial charge in [0.25, 0.3) is 0 Å². The lowest BCUT2D eigenvalue weighted by Gasteiger charge is -2.20. The predicted molar refractivity (Wildman–Crippen MR) is 118 cm³/mol. The van der Waals surface area contributed by atoms with Gasteiger partial charge in [-0.1, -0.05) is 76.9 Å². The first-order valence-corrected chi connectivity index (χ1v) is 12.1. The Bertz CT molecular complexity index is 387. The molecule has 1 aliphatic heterocycles. The smallest absolute Gasteiger partial charge is 0.114 e. The van der Waals surface area contributed by atoms with Crippen molar-refractivity contribution in [1.29, 1.82) is 0 Å². The summed E-state index contributed by atoms with van der Waals surface area (Å²) in [6.07, 6.45) is 19.5. The number of allylic oxidation sites excluding steroid dienone is 2. The fourth-order valence-corrected chi connectivity index (χ4v) is 3.79. The largest absolute Gasteiger partial charge is 0.394 e. The lowest BCUT2D eigenvalue weighted by atomic mass is 10.1. The third kappa shape index (κ3) is 12.7. The molecule has 0 unspecified atom stereocenters. The number of unbranched alkanes of at least 4 members (excludes halogenated alkanes) is 12. The number of ether oxygens (including phenoxy) is 2. The van der Waals surface area contributed by atoms with Crippen LogP contribution in [0.4, 0.5) is 0 Å². The highest BCUT2D eigenvalue weighted by Crippen LogP contribution is 2.20. The van der Waals surface area contributed by atoms with E-state index in [9.17, 15) is 10.2 Å². The fourth-order valence-electron chi connectivity index (χ4n) is 3.79. The van der Waals surface area contributed by atoms with Gasteiger partial charge in [-0.2, -0.15) is 0 Å². The van der Waals surface area contributed by atoms with Gasteiger partial charge in [0.2, 0.25) is 0 Å². The molecule has 1 aliphatic rings. The molecular weight excluding hydrogens is 368 g/mol. The summed E-state index contributed by atoms with van der Waals surface area (Å²) >= 11 is 0. The van der Waals surface area contributed by atoms with Crippen molar-refractivity contribution >= 4 is 0 Å². The zero-order valence-corrected chi connectivity index (χ0v) is 18.6. The molecule has 5 nitrogen and oxygen atoms in total. The minimum absolute atomic E-state index is 0.273. The average Bonchev–Trinajstić information content (AvgIpc) is 3.10. The Morgan fingerprint density at radius 3 is 2.03 bits per heavy atom. The second kappa shape index (κ2) is 18.3. The van der Waals surface area contributed by atoms with Gasteiger partial charge in [-0.15, -0.1) is 0 Å². The van der Waals surface area contributed by atoms with Crippen LogP contribution in [-0.2, 0) is 9.47 Å². The highest BCUT2D eigenvalue weighted by molar-refractivity contribution is 4.88. The van der Waals surface area contributed by atoms with Crippen molar-refractivity contribution in [2.45, 2.75) is 121 Å². The van der Waals surface area contributed by atoms with Gasteiger partial charge in [-0.3, -0.25) is 0 Å². The zero-order valence-electron chi connectivity index (χ0n) is 18.6. The van der Waals surface area contributed by atoms with Gasteiger partial charge in [0.1, 0.15) is 24.4 Å². The van der Waals surface area contributed by atoms with E-state index in [1.165, 1.54) is 77.0 Å². The van der Waals surface area contributed by atoms with Crippen LogP contribution in [0.25, 0.3) is 0 Å². The van der Waals surface area contributed by atoms with E-state index < -0.39 is 31.0 Å². The first-order chi connectivity index (χ1) is 14.2. The Kier molecular flexibility index (Phi) is 16.8. The topological polar surface area (TPSA) is 79.2 Å². The molecule has 0 saturated carbocycles. The van der Waals surface area contributed by atoms with Crippen LogP contribution in [0.15, 0.2) is 12.2 Å². The standard InChI is InChI=1S/C24H46O5/c1-2-3-4-5-6-7-8-9-10-11-12-13-14-15-16-17-18-28-22-20-29-24(23(22)27)21(26)19-25/h9-10,21-27H,2-8,11-20H2,1H3/b10-9+/t21-,22+,23-,24-/m0/s1. The van der Waals surface area contributed by atoms with Crippen LogP contribution in [0.1, 0.15) is 96.8 Å². The van der Waals surface area contributed by atoms with Crippen LogP contribution in [0.2, 0.25) is 0 Å². The molecule has 0 aromatic heterocycles. The Morgan fingerprint density at radius 2 is 1.45 bits per heavy atom. The van der Waals surface area contributed by atoms with E-state index in [2.05, 4.69) is 19.1 Å².